The maximum absolute atomic E-state index is 12.5. The zero-order chi connectivity index (χ0) is 17.8. The summed E-state index contributed by atoms with van der Waals surface area (Å²) in [7, 11) is 0. The molecule has 0 saturated carbocycles. The zero-order valence-corrected chi connectivity index (χ0v) is 16.3. The number of likely N-dealkylation sites (tertiary alicyclic amines) is 1. The molecule has 4 nitrogen and oxygen atoms in total. The molecular weight excluding hydrogens is 352 g/mol. The highest BCUT2D eigenvalue weighted by molar-refractivity contribution is 7.16. The molecule has 3 rings (SSSR count). The van der Waals surface area contributed by atoms with Gasteiger partial charge < -0.3 is 5.32 Å². The van der Waals surface area contributed by atoms with Crippen molar-refractivity contribution in [3.05, 3.63) is 44.3 Å². The van der Waals surface area contributed by atoms with Gasteiger partial charge in [-0.3, -0.25) is 14.5 Å². The van der Waals surface area contributed by atoms with E-state index in [9.17, 15) is 9.59 Å². The molecule has 134 valence electrons. The minimum absolute atomic E-state index is 0.00273. The van der Waals surface area contributed by atoms with Gasteiger partial charge in [0, 0.05) is 11.4 Å². The van der Waals surface area contributed by atoms with Crippen LogP contribution in [-0.4, -0.2) is 36.2 Å². The number of ketones is 1. The standard InChI is InChI=1S/C19H24N2O2S2/c1-13-7-9-21(10-8-13)15(17-4-3-11-24-17)12-20-19(23)18-6-5-16(25-18)14(2)22/h3-6,11,13,15H,7-10,12H2,1-2H3,(H,20,23)/t15-/m1/s1. The van der Waals surface area contributed by atoms with Crippen molar-refractivity contribution in [2.24, 2.45) is 5.92 Å². The molecule has 1 aliphatic rings. The molecular formula is C19H24N2O2S2. The minimum atomic E-state index is -0.0931. The van der Waals surface area contributed by atoms with E-state index in [4.69, 9.17) is 0 Å². The molecule has 2 aromatic rings. The fraction of sp³-hybridized carbons (Fsp3) is 0.474. The average Bonchev–Trinajstić information content (AvgIpc) is 3.28. The molecule has 1 atom stereocenters. The van der Waals surface area contributed by atoms with Crippen LogP contribution in [0.1, 0.15) is 57.0 Å². The minimum Gasteiger partial charge on any atom is -0.349 e. The van der Waals surface area contributed by atoms with Crippen molar-refractivity contribution in [3.63, 3.8) is 0 Å². The fourth-order valence-corrected chi connectivity index (χ4v) is 4.83. The summed E-state index contributed by atoms with van der Waals surface area (Å²) in [6, 6.07) is 7.91. The van der Waals surface area contributed by atoms with Crippen LogP contribution < -0.4 is 5.32 Å². The van der Waals surface area contributed by atoms with E-state index >= 15 is 0 Å². The molecule has 2 aromatic heterocycles. The number of Topliss-reactive ketones (excluding diaryl/α,β-unsaturated/α-hetero) is 1. The number of hydrogen-bond acceptors (Lipinski definition) is 5. The first-order chi connectivity index (χ1) is 12.0. The van der Waals surface area contributed by atoms with Crippen molar-refractivity contribution < 1.29 is 9.59 Å². The van der Waals surface area contributed by atoms with Gasteiger partial charge in [-0.15, -0.1) is 22.7 Å². The molecule has 0 radical (unpaired) electrons. The predicted octanol–water partition coefficient (Wildman–Crippen LogP) is 4.22. The summed E-state index contributed by atoms with van der Waals surface area (Å²) in [5.41, 5.74) is 0. The molecule has 0 aromatic carbocycles. The van der Waals surface area contributed by atoms with Crippen LogP contribution in [0.5, 0.6) is 0 Å². The Labute approximate surface area is 156 Å². The Bertz CT molecular complexity index is 716. The number of nitrogens with zero attached hydrogens (tertiary/aromatic N) is 1. The van der Waals surface area contributed by atoms with Gasteiger partial charge in [-0.05, 0) is 62.4 Å². The Morgan fingerprint density at radius 2 is 1.96 bits per heavy atom. The van der Waals surface area contributed by atoms with Gasteiger partial charge in [-0.2, -0.15) is 0 Å². The summed E-state index contributed by atoms with van der Waals surface area (Å²) in [5.74, 6) is 0.693. The SMILES string of the molecule is CC(=O)c1ccc(C(=O)NC[C@H](c2cccs2)N2CCC(C)CC2)s1. The highest BCUT2D eigenvalue weighted by atomic mass is 32.1. The number of carbonyl (C=O) groups is 2. The van der Waals surface area contributed by atoms with Gasteiger partial charge in [-0.1, -0.05) is 13.0 Å². The third kappa shape index (κ3) is 4.57. The van der Waals surface area contributed by atoms with E-state index in [0.29, 0.717) is 16.3 Å². The molecule has 1 amide bonds. The second kappa shape index (κ2) is 8.25. The van der Waals surface area contributed by atoms with Crippen molar-refractivity contribution in [2.45, 2.75) is 32.7 Å². The Morgan fingerprint density at radius 3 is 2.56 bits per heavy atom. The van der Waals surface area contributed by atoms with Crippen molar-refractivity contribution in [2.75, 3.05) is 19.6 Å². The van der Waals surface area contributed by atoms with Crippen molar-refractivity contribution in [3.8, 4) is 0 Å². The second-order valence-electron chi connectivity index (χ2n) is 6.68. The zero-order valence-electron chi connectivity index (χ0n) is 14.7. The molecule has 6 heteroatoms. The van der Waals surface area contributed by atoms with E-state index in [-0.39, 0.29) is 17.7 Å². The quantitative estimate of drug-likeness (QED) is 0.768. The van der Waals surface area contributed by atoms with Crippen molar-refractivity contribution >= 4 is 34.4 Å². The highest BCUT2D eigenvalue weighted by Crippen LogP contribution is 2.29. The molecule has 1 fully saturated rings. The van der Waals surface area contributed by atoms with Crippen LogP contribution in [0.2, 0.25) is 0 Å². The average molecular weight is 377 g/mol. The van der Waals surface area contributed by atoms with Crippen molar-refractivity contribution in [1.29, 1.82) is 0 Å². The third-order valence-electron chi connectivity index (χ3n) is 4.76. The first-order valence-electron chi connectivity index (χ1n) is 8.71. The topological polar surface area (TPSA) is 49.4 Å². The summed E-state index contributed by atoms with van der Waals surface area (Å²) >= 11 is 3.01. The first kappa shape index (κ1) is 18.3. The Hall–Kier alpha value is -1.50. The van der Waals surface area contributed by atoms with Crippen LogP contribution in [0, 0.1) is 5.92 Å². The molecule has 0 unspecified atom stereocenters. The van der Waals surface area contributed by atoms with E-state index in [0.717, 1.165) is 19.0 Å². The lowest BCUT2D eigenvalue weighted by molar-refractivity contribution is 0.0918. The lowest BCUT2D eigenvalue weighted by Gasteiger charge is -2.36. The molecule has 1 N–H and O–H groups in total. The van der Waals surface area contributed by atoms with Gasteiger partial charge >= 0.3 is 0 Å². The van der Waals surface area contributed by atoms with Gasteiger partial charge in [0.15, 0.2) is 5.78 Å². The van der Waals surface area contributed by atoms with Crippen molar-refractivity contribution in [1.82, 2.24) is 10.2 Å². The van der Waals surface area contributed by atoms with Crippen LogP contribution >= 0.6 is 22.7 Å². The van der Waals surface area contributed by atoms with Crippen LogP contribution in [0.3, 0.4) is 0 Å². The lowest BCUT2D eigenvalue weighted by Crippen LogP contribution is -2.41. The Morgan fingerprint density at radius 1 is 1.24 bits per heavy atom. The molecule has 3 heterocycles. The normalized spacial score (nSPS) is 17.4. The number of carbonyl (C=O) groups excluding carboxylic acids is 2. The number of thiophene rings is 2. The van der Waals surface area contributed by atoms with E-state index in [1.807, 2.05) is 0 Å². The molecule has 0 spiro atoms. The summed E-state index contributed by atoms with van der Waals surface area (Å²) in [6.45, 7) is 6.58. The molecule has 0 bridgehead atoms. The van der Waals surface area contributed by atoms with E-state index in [1.165, 1.54) is 36.0 Å². The van der Waals surface area contributed by atoms with Gasteiger partial charge in [0.1, 0.15) is 0 Å². The second-order valence-corrected chi connectivity index (χ2v) is 8.74. The number of hydrogen-bond donors (Lipinski definition) is 1. The van der Waals surface area contributed by atoms with Crippen LogP contribution in [0.25, 0.3) is 0 Å². The number of piperidine rings is 1. The van der Waals surface area contributed by atoms with Gasteiger partial charge in [0.05, 0.1) is 15.8 Å². The molecule has 25 heavy (non-hydrogen) atoms. The first-order valence-corrected chi connectivity index (χ1v) is 10.4. The summed E-state index contributed by atoms with van der Waals surface area (Å²) in [6.07, 6.45) is 2.42. The Balaban J connectivity index is 1.66. The molecule has 1 saturated heterocycles. The van der Waals surface area contributed by atoms with E-state index < -0.39 is 0 Å². The largest absolute Gasteiger partial charge is 0.349 e. The number of rotatable bonds is 6. The van der Waals surface area contributed by atoms with Crippen LogP contribution in [0.15, 0.2) is 29.6 Å². The van der Waals surface area contributed by atoms with Gasteiger partial charge in [0.2, 0.25) is 0 Å². The molecule has 1 aliphatic heterocycles. The van der Waals surface area contributed by atoms with E-state index in [2.05, 4.69) is 34.7 Å². The predicted molar refractivity (Wildman–Crippen MR) is 104 cm³/mol. The van der Waals surface area contributed by atoms with E-state index in [1.54, 1.807) is 23.5 Å². The van der Waals surface area contributed by atoms with Crippen LogP contribution in [-0.2, 0) is 0 Å². The number of nitrogens with one attached hydrogen (secondary N) is 1. The summed E-state index contributed by atoms with van der Waals surface area (Å²) in [4.78, 5) is 28.9. The Kier molecular flexibility index (Phi) is 6.04. The third-order valence-corrected chi connectivity index (χ3v) is 6.92. The maximum Gasteiger partial charge on any atom is 0.261 e. The van der Waals surface area contributed by atoms with Crippen LogP contribution in [0.4, 0.5) is 0 Å². The highest BCUT2D eigenvalue weighted by Gasteiger charge is 2.26. The lowest BCUT2D eigenvalue weighted by atomic mass is 9.97. The summed E-state index contributed by atoms with van der Waals surface area (Å²) < 4.78 is 0. The monoisotopic (exact) mass is 376 g/mol. The maximum atomic E-state index is 12.5. The smallest absolute Gasteiger partial charge is 0.261 e. The summed E-state index contributed by atoms with van der Waals surface area (Å²) in [5, 5.41) is 5.17. The fourth-order valence-electron chi connectivity index (χ4n) is 3.16. The molecule has 0 aliphatic carbocycles. The number of amides is 1. The van der Waals surface area contributed by atoms with Gasteiger partial charge in [-0.25, -0.2) is 0 Å². The van der Waals surface area contributed by atoms with Gasteiger partial charge in [0.25, 0.3) is 5.91 Å².